The lowest BCUT2D eigenvalue weighted by molar-refractivity contribution is -0.119. The van der Waals surface area contributed by atoms with Crippen LogP contribution in [0.3, 0.4) is 0 Å². The van der Waals surface area contributed by atoms with E-state index in [1.54, 1.807) is 7.11 Å². The van der Waals surface area contributed by atoms with Gasteiger partial charge in [0, 0.05) is 6.42 Å². The number of ketones is 1. The van der Waals surface area contributed by atoms with Crippen molar-refractivity contribution in [1.82, 2.24) is 0 Å². The van der Waals surface area contributed by atoms with E-state index in [9.17, 15) is 4.79 Å². The number of carbonyl (C=O) groups excluding carboxylic acids is 1. The third-order valence-electron chi connectivity index (χ3n) is 4.18. The number of rotatable bonds is 7. The molecule has 2 N–H and O–H groups in total. The summed E-state index contributed by atoms with van der Waals surface area (Å²) in [5.74, 6) is 0.990. The Hall–Kier alpha value is -2.13. The fraction of sp³-hybridized carbons (Fsp3) is 0.350. The largest absolute Gasteiger partial charge is 0.497 e. The lowest BCUT2D eigenvalue weighted by atomic mass is 9.95. The van der Waals surface area contributed by atoms with E-state index in [4.69, 9.17) is 10.5 Å². The van der Waals surface area contributed by atoms with Crippen molar-refractivity contribution < 1.29 is 9.53 Å². The molecular formula is C20H25NO2. The summed E-state index contributed by atoms with van der Waals surface area (Å²) in [6.07, 6.45) is 2.03. The molecule has 0 heterocycles. The van der Waals surface area contributed by atoms with Gasteiger partial charge in [-0.05, 0) is 47.2 Å². The van der Waals surface area contributed by atoms with Crippen molar-refractivity contribution in [1.29, 1.82) is 0 Å². The summed E-state index contributed by atoms with van der Waals surface area (Å²) in [5.41, 5.74) is 10.7. The van der Waals surface area contributed by atoms with Crippen molar-refractivity contribution in [3.63, 3.8) is 0 Å². The first kappa shape index (κ1) is 17.2. The summed E-state index contributed by atoms with van der Waals surface area (Å²) in [7, 11) is 1.68. The Balaban J connectivity index is 2.21. The van der Waals surface area contributed by atoms with Gasteiger partial charge < -0.3 is 10.5 Å². The van der Waals surface area contributed by atoms with Gasteiger partial charge in [0.25, 0.3) is 0 Å². The first-order valence-electron chi connectivity index (χ1n) is 8.13. The number of methoxy groups -OCH3 is 1. The molecule has 3 heteroatoms. The Labute approximate surface area is 138 Å². The van der Waals surface area contributed by atoms with Crippen molar-refractivity contribution in [2.24, 2.45) is 5.73 Å². The quantitative estimate of drug-likeness (QED) is 0.846. The Bertz CT molecular complexity index is 662. The zero-order chi connectivity index (χ0) is 16.8. The molecule has 0 radical (unpaired) electrons. The summed E-state index contributed by atoms with van der Waals surface area (Å²) >= 11 is 0. The third kappa shape index (κ3) is 4.20. The third-order valence-corrected chi connectivity index (χ3v) is 4.18. The molecule has 2 aromatic rings. The molecule has 0 aliphatic rings. The van der Waals surface area contributed by atoms with Gasteiger partial charge >= 0.3 is 0 Å². The van der Waals surface area contributed by atoms with E-state index in [1.807, 2.05) is 13.0 Å². The minimum absolute atomic E-state index is 0.109. The second kappa shape index (κ2) is 7.93. The molecule has 122 valence electrons. The van der Waals surface area contributed by atoms with Gasteiger partial charge in [-0.3, -0.25) is 4.79 Å². The van der Waals surface area contributed by atoms with Crippen LogP contribution in [-0.4, -0.2) is 18.9 Å². The maximum atomic E-state index is 11.6. The number of ether oxygens (including phenoxy) is 1. The van der Waals surface area contributed by atoms with Gasteiger partial charge in [0.2, 0.25) is 0 Å². The molecule has 0 spiro atoms. The van der Waals surface area contributed by atoms with Crippen LogP contribution < -0.4 is 10.5 Å². The van der Waals surface area contributed by atoms with Crippen LogP contribution in [0.5, 0.6) is 5.75 Å². The molecule has 23 heavy (non-hydrogen) atoms. The first-order chi connectivity index (χ1) is 11.1. The highest BCUT2D eigenvalue weighted by Gasteiger charge is 2.12. The van der Waals surface area contributed by atoms with E-state index < -0.39 is 6.04 Å². The molecule has 2 rings (SSSR count). The molecule has 0 fully saturated rings. The van der Waals surface area contributed by atoms with E-state index in [0.29, 0.717) is 12.8 Å². The molecule has 1 unspecified atom stereocenters. The van der Waals surface area contributed by atoms with Crippen molar-refractivity contribution >= 4 is 5.78 Å². The molecule has 1 atom stereocenters. The summed E-state index contributed by atoms with van der Waals surface area (Å²) in [5, 5.41) is 0. The second-order valence-corrected chi connectivity index (χ2v) is 5.70. The van der Waals surface area contributed by atoms with Gasteiger partial charge in [-0.2, -0.15) is 0 Å². The van der Waals surface area contributed by atoms with E-state index in [0.717, 1.165) is 17.7 Å². The average molecular weight is 311 g/mol. The van der Waals surface area contributed by atoms with E-state index in [1.165, 1.54) is 16.7 Å². The van der Waals surface area contributed by atoms with Crippen molar-refractivity contribution in [3.05, 3.63) is 53.6 Å². The summed E-state index contributed by atoms with van der Waals surface area (Å²) in [6, 6.07) is 14.1. The minimum atomic E-state index is -0.405. The Kier molecular flexibility index (Phi) is 5.94. The topological polar surface area (TPSA) is 52.3 Å². The van der Waals surface area contributed by atoms with Crippen LogP contribution >= 0.6 is 0 Å². The molecule has 0 saturated carbocycles. The lowest BCUT2D eigenvalue weighted by Gasteiger charge is -2.12. The van der Waals surface area contributed by atoms with E-state index in [-0.39, 0.29) is 5.78 Å². The molecule has 0 bridgehead atoms. The van der Waals surface area contributed by atoms with Gasteiger partial charge in [0.05, 0.1) is 13.2 Å². The van der Waals surface area contributed by atoms with Gasteiger partial charge in [-0.1, -0.05) is 44.2 Å². The monoisotopic (exact) mass is 311 g/mol. The van der Waals surface area contributed by atoms with Gasteiger partial charge in [0.1, 0.15) is 11.5 Å². The van der Waals surface area contributed by atoms with Crippen molar-refractivity contribution in [3.8, 4) is 16.9 Å². The number of Topliss-reactive ketones (excluding diaryl/α,β-unsaturated/α-hetero) is 1. The summed E-state index contributed by atoms with van der Waals surface area (Å²) < 4.78 is 5.30. The van der Waals surface area contributed by atoms with Crippen LogP contribution in [0.1, 0.15) is 31.4 Å². The number of nitrogens with two attached hydrogens (primary N) is 1. The molecule has 0 amide bonds. The Morgan fingerprint density at radius 2 is 1.83 bits per heavy atom. The molecule has 3 nitrogen and oxygen atoms in total. The van der Waals surface area contributed by atoms with E-state index >= 15 is 0 Å². The molecule has 0 aliphatic carbocycles. The van der Waals surface area contributed by atoms with Gasteiger partial charge in [-0.15, -0.1) is 0 Å². The highest BCUT2D eigenvalue weighted by atomic mass is 16.5. The molecule has 2 aromatic carbocycles. The smallest absolute Gasteiger partial charge is 0.149 e. The Morgan fingerprint density at radius 1 is 1.13 bits per heavy atom. The zero-order valence-corrected chi connectivity index (χ0v) is 14.1. The van der Waals surface area contributed by atoms with Crippen LogP contribution in [-0.2, 0) is 17.6 Å². The predicted molar refractivity (Wildman–Crippen MR) is 94.8 cm³/mol. The number of benzene rings is 2. The molecule has 0 saturated heterocycles. The summed E-state index contributed by atoms with van der Waals surface area (Å²) in [4.78, 5) is 11.6. The molecule has 0 aromatic heterocycles. The minimum Gasteiger partial charge on any atom is -0.497 e. The fourth-order valence-electron chi connectivity index (χ4n) is 2.72. The number of hydrogen-bond acceptors (Lipinski definition) is 3. The fourth-order valence-corrected chi connectivity index (χ4v) is 2.72. The first-order valence-corrected chi connectivity index (χ1v) is 8.13. The van der Waals surface area contributed by atoms with Crippen LogP contribution in [0.25, 0.3) is 11.1 Å². The normalized spacial score (nSPS) is 12.0. The van der Waals surface area contributed by atoms with Crippen LogP contribution in [0.4, 0.5) is 0 Å². The maximum absolute atomic E-state index is 11.6. The SMILES string of the molecule is CCC(=O)C(N)Cc1ccc(-c2ccc(OC)cc2CC)cc1. The zero-order valence-electron chi connectivity index (χ0n) is 14.1. The van der Waals surface area contributed by atoms with Gasteiger partial charge in [0.15, 0.2) is 0 Å². The van der Waals surface area contributed by atoms with Gasteiger partial charge in [-0.25, -0.2) is 0 Å². The van der Waals surface area contributed by atoms with Crippen LogP contribution in [0.2, 0.25) is 0 Å². The highest BCUT2D eigenvalue weighted by Crippen LogP contribution is 2.28. The Morgan fingerprint density at radius 3 is 2.39 bits per heavy atom. The highest BCUT2D eigenvalue weighted by molar-refractivity contribution is 5.83. The number of carbonyl (C=O) groups is 1. The lowest BCUT2D eigenvalue weighted by Crippen LogP contribution is -2.32. The van der Waals surface area contributed by atoms with Crippen LogP contribution in [0.15, 0.2) is 42.5 Å². The second-order valence-electron chi connectivity index (χ2n) is 5.70. The van der Waals surface area contributed by atoms with Crippen molar-refractivity contribution in [2.45, 2.75) is 39.2 Å². The maximum Gasteiger partial charge on any atom is 0.149 e. The predicted octanol–water partition coefficient (Wildman–Crippen LogP) is 3.77. The molecular weight excluding hydrogens is 286 g/mol. The van der Waals surface area contributed by atoms with Crippen molar-refractivity contribution in [2.75, 3.05) is 7.11 Å². The van der Waals surface area contributed by atoms with E-state index in [2.05, 4.69) is 43.3 Å². The van der Waals surface area contributed by atoms with Crippen LogP contribution in [0, 0.1) is 0 Å². The average Bonchev–Trinajstić information content (AvgIpc) is 2.61. The summed E-state index contributed by atoms with van der Waals surface area (Å²) in [6.45, 7) is 3.99. The molecule has 0 aliphatic heterocycles. The number of hydrogen-bond donors (Lipinski definition) is 1. The number of aryl methyl sites for hydroxylation is 1. The standard InChI is InChI=1S/C20H25NO2/c1-4-15-13-17(23-3)10-11-18(15)16-8-6-14(7-9-16)12-19(21)20(22)5-2/h6-11,13,19H,4-5,12,21H2,1-3H3.